The van der Waals surface area contributed by atoms with Gasteiger partial charge in [-0.1, -0.05) is 30.1 Å². The van der Waals surface area contributed by atoms with Gasteiger partial charge in [0.05, 0.1) is 5.38 Å². The monoisotopic (exact) mass is 234 g/mol. The van der Waals surface area contributed by atoms with Crippen molar-refractivity contribution in [1.29, 1.82) is 0 Å². The van der Waals surface area contributed by atoms with Gasteiger partial charge >= 0.3 is 0 Å². The van der Waals surface area contributed by atoms with Crippen molar-refractivity contribution in [2.75, 3.05) is 0 Å². The average Bonchev–Trinajstić information content (AvgIpc) is 2.27. The number of hydrogen-bond acceptors (Lipinski definition) is 0. The summed E-state index contributed by atoms with van der Waals surface area (Å²) < 4.78 is 0. The summed E-state index contributed by atoms with van der Waals surface area (Å²) >= 11 is 18.2. The van der Waals surface area contributed by atoms with Crippen LogP contribution in [-0.2, 0) is 6.42 Å². The molecule has 1 aromatic rings. The van der Waals surface area contributed by atoms with Gasteiger partial charge in [-0.25, -0.2) is 0 Å². The molecule has 0 nitrogen and oxygen atoms in total. The van der Waals surface area contributed by atoms with Crippen molar-refractivity contribution in [3.63, 3.8) is 0 Å². The third-order valence-electron chi connectivity index (χ3n) is 2.50. The summed E-state index contributed by atoms with van der Waals surface area (Å²) in [5.41, 5.74) is 2.27. The van der Waals surface area contributed by atoms with Gasteiger partial charge < -0.3 is 0 Å². The highest BCUT2D eigenvalue weighted by Crippen LogP contribution is 2.45. The summed E-state index contributed by atoms with van der Waals surface area (Å²) in [5.74, 6) is 0.452. The third kappa shape index (κ3) is 1.56. The van der Waals surface area contributed by atoms with Crippen LogP contribution in [0, 0.1) is 5.92 Å². The van der Waals surface area contributed by atoms with Gasteiger partial charge in [-0.15, -0.1) is 11.6 Å². The highest BCUT2D eigenvalue weighted by Gasteiger charge is 2.29. The number of fused-ring (bicyclic) bond motifs is 1. The fraction of sp³-hybridized carbons (Fsp3) is 0.400. The van der Waals surface area contributed by atoms with E-state index in [0.29, 0.717) is 16.0 Å². The fourth-order valence-corrected chi connectivity index (χ4v) is 2.91. The second kappa shape index (κ2) is 3.34. The summed E-state index contributed by atoms with van der Waals surface area (Å²) in [6, 6.07) is 3.72. The second-order valence-electron chi connectivity index (χ2n) is 3.54. The first-order valence-electron chi connectivity index (χ1n) is 4.21. The lowest BCUT2D eigenvalue weighted by molar-refractivity contribution is 0.609. The van der Waals surface area contributed by atoms with Crippen LogP contribution < -0.4 is 0 Å². The van der Waals surface area contributed by atoms with Crippen molar-refractivity contribution in [2.24, 2.45) is 5.92 Å². The van der Waals surface area contributed by atoms with Gasteiger partial charge in [-0.2, -0.15) is 0 Å². The summed E-state index contributed by atoms with van der Waals surface area (Å²) in [5, 5.41) is 1.44. The molecule has 3 heteroatoms. The summed E-state index contributed by atoms with van der Waals surface area (Å²) in [7, 11) is 0. The molecule has 0 N–H and O–H groups in total. The number of benzene rings is 1. The predicted octanol–water partition coefficient (Wildman–Crippen LogP) is 4.47. The van der Waals surface area contributed by atoms with E-state index in [9.17, 15) is 0 Å². The summed E-state index contributed by atoms with van der Waals surface area (Å²) in [6.07, 6.45) is 0.976. The minimum Gasteiger partial charge on any atom is -0.117 e. The molecular weight excluding hydrogens is 226 g/mol. The average molecular weight is 236 g/mol. The van der Waals surface area contributed by atoms with Gasteiger partial charge in [0, 0.05) is 10.0 Å². The standard InChI is InChI=1S/C10H9Cl3/c1-5-2-6-3-7(11)4-8(12)9(6)10(5)13/h3-5,10H,2H2,1H3. The largest absolute Gasteiger partial charge is 0.117 e. The van der Waals surface area contributed by atoms with Crippen molar-refractivity contribution in [1.82, 2.24) is 0 Å². The van der Waals surface area contributed by atoms with Crippen molar-refractivity contribution >= 4 is 34.8 Å². The van der Waals surface area contributed by atoms with Crippen LogP contribution in [0.25, 0.3) is 0 Å². The predicted molar refractivity (Wildman–Crippen MR) is 57.9 cm³/mol. The van der Waals surface area contributed by atoms with Gasteiger partial charge in [0.25, 0.3) is 0 Å². The molecule has 0 aliphatic heterocycles. The molecule has 0 saturated carbocycles. The van der Waals surface area contributed by atoms with Crippen molar-refractivity contribution in [2.45, 2.75) is 18.7 Å². The van der Waals surface area contributed by atoms with Crippen molar-refractivity contribution in [3.8, 4) is 0 Å². The molecule has 0 spiro atoms. The lowest BCUT2D eigenvalue weighted by Gasteiger charge is -2.08. The smallest absolute Gasteiger partial charge is 0.0631 e. The molecule has 70 valence electrons. The normalized spacial score (nSPS) is 26.2. The molecule has 2 unspecified atom stereocenters. The fourth-order valence-electron chi connectivity index (χ4n) is 1.85. The van der Waals surface area contributed by atoms with Crippen LogP contribution in [0.5, 0.6) is 0 Å². The Labute approximate surface area is 92.8 Å². The minimum absolute atomic E-state index is 0.0415. The van der Waals surface area contributed by atoms with Crippen LogP contribution >= 0.6 is 34.8 Å². The highest BCUT2D eigenvalue weighted by atomic mass is 35.5. The molecule has 1 aliphatic carbocycles. The van der Waals surface area contributed by atoms with E-state index in [1.807, 2.05) is 6.07 Å². The van der Waals surface area contributed by atoms with E-state index in [1.54, 1.807) is 6.07 Å². The van der Waals surface area contributed by atoms with E-state index in [-0.39, 0.29) is 5.38 Å². The van der Waals surface area contributed by atoms with E-state index < -0.39 is 0 Å². The highest BCUT2D eigenvalue weighted by molar-refractivity contribution is 6.36. The Morgan fingerprint density at radius 1 is 1.31 bits per heavy atom. The molecule has 0 fully saturated rings. The molecule has 13 heavy (non-hydrogen) atoms. The Balaban J connectivity index is 2.57. The van der Waals surface area contributed by atoms with E-state index in [1.165, 1.54) is 5.56 Å². The van der Waals surface area contributed by atoms with Gasteiger partial charge in [-0.05, 0) is 35.6 Å². The van der Waals surface area contributed by atoms with Gasteiger partial charge in [0.2, 0.25) is 0 Å². The first-order chi connectivity index (χ1) is 6.09. The Bertz CT molecular complexity index is 346. The van der Waals surface area contributed by atoms with Crippen LogP contribution in [0.1, 0.15) is 23.4 Å². The molecule has 0 radical (unpaired) electrons. The summed E-state index contributed by atoms with van der Waals surface area (Å²) in [6.45, 7) is 2.13. The quantitative estimate of drug-likeness (QED) is 0.582. The van der Waals surface area contributed by atoms with Crippen molar-refractivity contribution in [3.05, 3.63) is 33.3 Å². The Hall–Kier alpha value is 0.0900. The SMILES string of the molecule is CC1Cc2cc(Cl)cc(Cl)c2C1Cl. The second-order valence-corrected chi connectivity index (χ2v) is 4.86. The maximum Gasteiger partial charge on any atom is 0.0631 e. The van der Waals surface area contributed by atoms with Crippen molar-refractivity contribution < 1.29 is 0 Å². The van der Waals surface area contributed by atoms with Crippen LogP contribution in [0.3, 0.4) is 0 Å². The zero-order chi connectivity index (χ0) is 9.59. The summed E-state index contributed by atoms with van der Waals surface area (Å²) in [4.78, 5) is 0. The number of hydrogen-bond donors (Lipinski definition) is 0. The molecule has 0 saturated heterocycles. The van der Waals surface area contributed by atoms with Gasteiger partial charge in [0.15, 0.2) is 0 Å². The molecule has 0 bridgehead atoms. The van der Waals surface area contributed by atoms with E-state index in [2.05, 4.69) is 6.92 Å². The molecule has 0 aromatic heterocycles. The van der Waals surface area contributed by atoms with E-state index in [4.69, 9.17) is 34.8 Å². The molecule has 0 heterocycles. The van der Waals surface area contributed by atoms with Crippen LogP contribution in [0.15, 0.2) is 12.1 Å². The van der Waals surface area contributed by atoms with Gasteiger partial charge in [-0.3, -0.25) is 0 Å². The molecule has 1 aliphatic rings. The maximum absolute atomic E-state index is 6.22. The minimum atomic E-state index is 0.0415. The van der Waals surface area contributed by atoms with Crippen LogP contribution in [0.2, 0.25) is 10.0 Å². The Morgan fingerprint density at radius 3 is 2.69 bits per heavy atom. The lowest BCUT2D eigenvalue weighted by Crippen LogP contribution is -1.95. The molecule has 2 rings (SSSR count). The zero-order valence-corrected chi connectivity index (χ0v) is 9.42. The third-order valence-corrected chi connectivity index (χ3v) is 3.68. The molecule has 0 amide bonds. The number of rotatable bonds is 0. The molecule has 2 atom stereocenters. The Morgan fingerprint density at radius 2 is 2.00 bits per heavy atom. The first-order valence-corrected chi connectivity index (χ1v) is 5.40. The van der Waals surface area contributed by atoms with Crippen LogP contribution in [0.4, 0.5) is 0 Å². The lowest BCUT2D eigenvalue weighted by atomic mass is 10.1. The van der Waals surface area contributed by atoms with E-state index in [0.717, 1.165) is 12.0 Å². The number of halogens is 3. The number of alkyl halides is 1. The topological polar surface area (TPSA) is 0 Å². The van der Waals surface area contributed by atoms with Gasteiger partial charge in [0.1, 0.15) is 0 Å². The molecule has 1 aromatic carbocycles. The molecular formula is C10H9Cl3. The van der Waals surface area contributed by atoms with Crippen LogP contribution in [-0.4, -0.2) is 0 Å². The van der Waals surface area contributed by atoms with E-state index >= 15 is 0 Å². The Kier molecular flexibility index (Phi) is 2.48. The zero-order valence-electron chi connectivity index (χ0n) is 7.15. The maximum atomic E-state index is 6.22. The first kappa shape index (κ1) is 9.64.